The molecular formula is C17H22O6S. The average Bonchev–Trinajstić information content (AvgIpc) is 3.31. The molecule has 0 amide bonds. The molecule has 1 heterocycles. The molecule has 132 valence electrons. The van der Waals surface area contributed by atoms with E-state index >= 15 is 0 Å². The fraction of sp³-hybridized carbons (Fsp3) is 0.471. The molecule has 6 nitrogen and oxygen atoms in total. The van der Waals surface area contributed by atoms with Crippen LogP contribution in [0.1, 0.15) is 31.7 Å². The number of allylic oxidation sites excluding steroid dienone is 1. The van der Waals surface area contributed by atoms with Crippen molar-refractivity contribution in [2.45, 2.75) is 44.1 Å². The SMILES string of the molecule is CCOC(=O)/C=C(\CCCC1CO1)OS(=O)(=O)c1ccc(C)cc1. The Kier molecular flexibility index (Phi) is 6.39. The van der Waals surface area contributed by atoms with Crippen LogP contribution in [-0.2, 0) is 28.6 Å². The summed E-state index contributed by atoms with van der Waals surface area (Å²) in [7, 11) is -3.98. The van der Waals surface area contributed by atoms with Crippen LogP contribution in [0.25, 0.3) is 0 Å². The van der Waals surface area contributed by atoms with Crippen molar-refractivity contribution in [3.8, 4) is 0 Å². The molecule has 1 atom stereocenters. The summed E-state index contributed by atoms with van der Waals surface area (Å²) in [4.78, 5) is 11.7. The summed E-state index contributed by atoms with van der Waals surface area (Å²) in [5.41, 5.74) is 0.945. The van der Waals surface area contributed by atoms with Crippen LogP contribution < -0.4 is 0 Å². The molecule has 0 N–H and O–H groups in total. The van der Waals surface area contributed by atoms with Crippen LogP contribution in [0.3, 0.4) is 0 Å². The summed E-state index contributed by atoms with van der Waals surface area (Å²) in [6.07, 6.45) is 3.13. The first-order chi connectivity index (χ1) is 11.4. The predicted octanol–water partition coefficient (Wildman–Crippen LogP) is 2.72. The third-order valence-electron chi connectivity index (χ3n) is 3.44. The number of hydrogen-bond acceptors (Lipinski definition) is 6. The third kappa shape index (κ3) is 5.98. The molecular weight excluding hydrogens is 332 g/mol. The molecule has 1 aromatic rings. The van der Waals surface area contributed by atoms with Crippen LogP contribution in [0, 0.1) is 6.92 Å². The first-order valence-corrected chi connectivity index (χ1v) is 9.31. The Morgan fingerprint density at radius 3 is 2.58 bits per heavy atom. The Hall–Kier alpha value is -1.86. The molecule has 0 spiro atoms. The second-order valence-corrected chi connectivity index (χ2v) is 7.11. The van der Waals surface area contributed by atoms with E-state index in [0.29, 0.717) is 12.8 Å². The van der Waals surface area contributed by atoms with Crippen molar-refractivity contribution in [2.24, 2.45) is 0 Å². The minimum Gasteiger partial charge on any atom is -0.463 e. The second-order valence-electron chi connectivity index (χ2n) is 5.56. The van der Waals surface area contributed by atoms with Gasteiger partial charge in [0.05, 0.1) is 25.4 Å². The molecule has 1 fully saturated rings. The number of benzene rings is 1. The quantitative estimate of drug-likeness (QED) is 0.223. The maximum atomic E-state index is 12.4. The molecule has 1 aromatic carbocycles. The van der Waals surface area contributed by atoms with Crippen LogP contribution in [-0.4, -0.2) is 33.7 Å². The predicted molar refractivity (Wildman–Crippen MR) is 87.8 cm³/mol. The molecule has 0 bridgehead atoms. The highest BCUT2D eigenvalue weighted by Crippen LogP contribution is 2.22. The van der Waals surface area contributed by atoms with E-state index in [9.17, 15) is 13.2 Å². The summed E-state index contributed by atoms with van der Waals surface area (Å²) < 4.78 is 39.9. The Labute approximate surface area is 142 Å². The highest BCUT2D eigenvalue weighted by molar-refractivity contribution is 7.86. The van der Waals surface area contributed by atoms with Gasteiger partial charge in [0.15, 0.2) is 0 Å². The van der Waals surface area contributed by atoms with E-state index in [1.165, 1.54) is 12.1 Å². The molecule has 1 unspecified atom stereocenters. The molecule has 0 aliphatic carbocycles. The first-order valence-electron chi connectivity index (χ1n) is 7.91. The van der Waals surface area contributed by atoms with Gasteiger partial charge in [-0.1, -0.05) is 17.7 Å². The van der Waals surface area contributed by atoms with Crippen molar-refractivity contribution in [2.75, 3.05) is 13.2 Å². The van der Waals surface area contributed by atoms with Crippen LogP contribution >= 0.6 is 0 Å². The van der Waals surface area contributed by atoms with Crippen LogP contribution in [0.2, 0.25) is 0 Å². The molecule has 0 saturated carbocycles. The summed E-state index contributed by atoms with van der Waals surface area (Å²) in [6, 6.07) is 6.33. The zero-order chi connectivity index (χ0) is 17.6. The van der Waals surface area contributed by atoms with Gasteiger partial charge in [-0.2, -0.15) is 8.42 Å². The molecule has 1 saturated heterocycles. The minimum absolute atomic E-state index is 0.0494. The lowest BCUT2D eigenvalue weighted by Gasteiger charge is -2.11. The van der Waals surface area contributed by atoms with E-state index < -0.39 is 16.1 Å². The normalized spacial score (nSPS) is 17.4. The minimum atomic E-state index is -3.98. The smallest absolute Gasteiger partial charge is 0.338 e. The fourth-order valence-electron chi connectivity index (χ4n) is 2.09. The Balaban J connectivity index is 2.09. The number of ether oxygens (including phenoxy) is 2. The molecule has 2 rings (SSSR count). The van der Waals surface area contributed by atoms with Crippen molar-refractivity contribution < 1.29 is 26.9 Å². The molecule has 1 aliphatic heterocycles. The summed E-state index contributed by atoms with van der Waals surface area (Å²) in [6.45, 7) is 4.49. The van der Waals surface area contributed by atoms with Crippen LogP contribution in [0.4, 0.5) is 0 Å². The molecule has 1 aliphatic rings. The maximum absolute atomic E-state index is 12.4. The molecule has 0 aromatic heterocycles. The molecule has 7 heteroatoms. The topological polar surface area (TPSA) is 82.2 Å². The first kappa shape index (κ1) is 18.5. The van der Waals surface area contributed by atoms with Gasteiger partial charge in [-0.15, -0.1) is 0 Å². The highest BCUT2D eigenvalue weighted by Gasteiger charge is 2.23. The van der Waals surface area contributed by atoms with Gasteiger partial charge < -0.3 is 13.7 Å². The zero-order valence-corrected chi connectivity index (χ0v) is 14.7. The Morgan fingerprint density at radius 1 is 1.33 bits per heavy atom. The van der Waals surface area contributed by atoms with E-state index in [2.05, 4.69) is 0 Å². The van der Waals surface area contributed by atoms with Crippen molar-refractivity contribution in [3.05, 3.63) is 41.7 Å². The van der Waals surface area contributed by atoms with Gasteiger partial charge in [0, 0.05) is 6.42 Å². The Bertz CT molecular complexity index is 686. The van der Waals surface area contributed by atoms with Gasteiger partial charge >= 0.3 is 16.1 Å². The van der Waals surface area contributed by atoms with Gasteiger partial charge in [0.2, 0.25) is 0 Å². The monoisotopic (exact) mass is 354 g/mol. The average molecular weight is 354 g/mol. The van der Waals surface area contributed by atoms with Gasteiger partial charge in [-0.3, -0.25) is 0 Å². The van der Waals surface area contributed by atoms with Crippen LogP contribution in [0.15, 0.2) is 41.0 Å². The standard InChI is InChI=1S/C17H22O6S/c1-3-21-17(18)11-14(5-4-6-15-12-22-15)23-24(19,20)16-9-7-13(2)8-10-16/h7-11,15H,3-6,12H2,1-2H3/b14-11+. The Morgan fingerprint density at radius 2 is 2.00 bits per heavy atom. The van der Waals surface area contributed by atoms with E-state index in [1.54, 1.807) is 19.1 Å². The lowest BCUT2D eigenvalue weighted by Crippen LogP contribution is -2.09. The van der Waals surface area contributed by atoms with Gasteiger partial charge in [-0.05, 0) is 38.8 Å². The van der Waals surface area contributed by atoms with E-state index in [4.69, 9.17) is 13.7 Å². The number of epoxide rings is 1. The molecule has 24 heavy (non-hydrogen) atoms. The van der Waals surface area contributed by atoms with Crippen molar-refractivity contribution >= 4 is 16.1 Å². The number of esters is 1. The van der Waals surface area contributed by atoms with Crippen molar-refractivity contribution in [1.29, 1.82) is 0 Å². The van der Waals surface area contributed by atoms with Gasteiger partial charge in [0.25, 0.3) is 0 Å². The summed E-state index contributed by atoms with van der Waals surface area (Å²) in [5.74, 6) is -0.538. The van der Waals surface area contributed by atoms with Crippen molar-refractivity contribution in [3.63, 3.8) is 0 Å². The fourth-order valence-corrected chi connectivity index (χ4v) is 3.06. The second kappa shape index (κ2) is 8.30. The van der Waals surface area contributed by atoms with Crippen LogP contribution in [0.5, 0.6) is 0 Å². The zero-order valence-electron chi connectivity index (χ0n) is 13.9. The maximum Gasteiger partial charge on any atom is 0.338 e. The van der Waals surface area contributed by atoms with Gasteiger partial charge in [0.1, 0.15) is 10.7 Å². The largest absolute Gasteiger partial charge is 0.463 e. The number of hydrogen-bond donors (Lipinski definition) is 0. The lowest BCUT2D eigenvalue weighted by atomic mass is 10.2. The summed E-state index contributed by atoms with van der Waals surface area (Å²) >= 11 is 0. The van der Waals surface area contributed by atoms with E-state index in [1.807, 2.05) is 6.92 Å². The number of aryl methyl sites for hydroxylation is 1. The number of rotatable bonds is 9. The summed E-state index contributed by atoms with van der Waals surface area (Å²) in [5, 5.41) is 0. The van der Waals surface area contributed by atoms with Crippen molar-refractivity contribution in [1.82, 2.24) is 0 Å². The highest BCUT2D eigenvalue weighted by atomic mass is 32.2. The van der Waals surface area contributed by atoms with E-state index in [0.717, 1.165) is 24.7 Å². The lowest BCUT2D eigenvalue weighted by molar-refractivity contribution is -0.137. The van der Waals surface area contributed by atoms with Gasteiger partial charge in [-0.25, -0.2) is 4.79 Å². The molecule has 0 radical (unpaired) electrons. The number of carbonyl (C=O) groups excluding carboxylic acids is 1. The van der Waals surface area contributed by atoms with E-state index in [-0.39, 0.29) is 23.4 Å². The number of carbonyl (C=O) groups is 1. The third-order valence-corrected chi connectivity index (χ3v) is 4.73.